The van der Waals surface area contributed by atoms with E-state index >= 15 is 0 Å². The minimum absolute atomic E-state index is 0.158. The molecule has 0 N–H and O–H groups in total. The summed E-state index contributed by atoms with van der Waals surface area (Å²) in [6.07, 6.45) is -0.666. The Morgan fingerprint density at radius 3 is 2.17 bits per heavy atom. The number of ether oxygens (including phenoxy) is 2. The van der Waals surface area contributed by atoms with Gasteiger partial charge in [0.05, 0.1) is 12.0 Å². The molecular weight excluding hydrogens is 404 g/mol. The minimum atomic E-state index is -3.59. The van der Waals surface area contributed by atoms with Gasteiger partial charge in [-0.2, -0.15) is 4.31 Å². The Hall–Kier alpha value is -2.58. The molecule has 1 unspecified atom stereocenters. The Labute approximate surface area is 178 Å². The van der Waals surface area contributed by atoms with Gasteiger partial charge < -0.3 is 14.4 Å². The quantitative estimate of drug-likeness (QED) is 0.701. The summed E-state index contributed by atoms with van der Waals surface area (Å²) in [6.45, 7) is 6.56. The van der Waals surface area contributed by atoms with Gasteiger partial charge in [0.2, 0.25) is 10.0 Å². The van der Waals surface area contributed by atoms with Crippen molar-refractivity contribution in [2.24, 2.45) is 0 Å². The molecule has 7 nitrogen and oxygen atoms in total. The van der Waals surface area contributed by atoms with Crippen LogP contribution in [0.4, 0.5) is 0 Å². The summed E-state index contributed by atoms with van der Waals surface area (Å²) in [4.78, 5) is 14.7. The Morgan fingerprint density at radius 2 is 1.57 bits per heavy atom. The lowest BCUT2D eigenvalue weighted by molar-refractivity contribution is -0.139. The number of benzene rings is 2. The summed E-state index contributed by atoms with van der Waals surface area (Å²) >= 11 is 0. The maximum atomic E-state index is 13.1. The average Bonchev–Trinajstić information content (AvgIpc) is 2.75. The van der Waals surface area contributed by atoms with Crippen molar-refractivity contribution in [2.75, 3.05) is 33.3 Å². The molecule has 1 heterocycles. The molecule has 1 atom stereocenters. The highest BCUT2D eigenvalue weighted by molar-refractivity contribution is 7.89. The van der Waals surface area contributed by atoms with E-state index in [2.05, 4.69) is 0 Å². The molecule has 0 bridgehead atoms. The van der Waals surface area contributed by atoms with E-state index in [0.29, 0.717) is 29.5 Å². The van der Waals surface area contributed by atoms with Crippen molar-refractivity contribution in [1.82, 2.24) is 9.21 Å². The number of hydrogen-bond acceptors (Lipinski definition) is 5. The van der Waals surface area contributed by atoms with E-state index < -0.39 is 16.1 Å². The highest BCUT2D eigenvalue weighted by atomic mass is 32.2. The van der Waals surface area contributed by atoms with Crippen LogP contribution in [0.5, 0.6) is 11.5 Å². The third-order valence-electron chi connectivity index (χ3n) is 5.23. The van der Waals surface area contributed by atoms with Gasteiger partial charge in [-0.1, -0.05) is 12.1 Å². The first-order valence-corrected chi connectivity index (χ1v) is 11.3. The molecule has 30 heavy (non-hydrogen) atoms. The average molecular weight is 433 g/mol. The number of carbonyl (C=O) groups is 1. The molecule has 0 aliphatic carbocycles. The van der Waals surface area contributed by atoms with Crippen LogP contribution in [0.1, 0.15) is 18.1 Å². The number of rotatable bonds is 6. The summed E-state index contributed by atoms with van der Waals surface area (Å²) in [5.74, 6) is 1.13. The Balaban J connectivity index is 1.61. The summed E-state index contributed by atoms with van der Waals surface area (Å²) in [5.41, 5.74) is 1.62. The number of amides is 1. The van der Waals surface area contributed by atoms with Crippen molar-refractivity contribution < 1.29 is 22.7 Å². The first kappa shape index (κ1) is 22.1. The first-order valence-electron chi connectivity index (χ1n) is 9.89. The third-order valence-corrected chi connectivity index (χ3v) is 7.27. The number of methoxy groups -OCH3 is 1. The van der Waals surface area contributed by atoms with Crippen LogP contribution < -0.4 is 9.47 Å². The molecule has 2 aromatic rings. The monoisotopic (exact) mass is 432 g/mol. The van der Waals surface area contributed by atoms with E-state index in [9.17, 15) is 13.2 Å². The number of hydrogen-bond donors (Lipinski definition) is 0. The number of aryl methyl sites for hydroxylation is 2. The zero-order valence-corrected chi connectivity index (χ0v) is 18.6. The van der Waals surface area contributed by atoms with Gasteiger partial charge in [-0.3, -0.25) is 4.79 Å². The first-order chi connectivity index (χ1) is 14.2. The van der Waals surface area contributed by atoms with Crippen LogP contribution >= 0.6 is 0 Å². The lowest BCUT2D eigenvalue weighted by Crippen LogP contribution is -2.53. The van der Waals surface area contributed by atoms with Crippen LogP contribution in [0.25, 0.3) is 0 Å². The highest BCUT2D eigenvalue weighted by Crippen LogP contribution is 2.23. The van der Waals surface area contributed by atoms with Crippen LogP contribution in [0.2, 0.25) is 0 Å². The summed E-state index contributed by atoms with van der Waals surface area (Å²) in [5, 5.41) is 0. The molecule has 162 valence electrons. The predicted molar refractivity (Wildman–Crippen MR) is 114 cm³/mol. The van der Waals surface area contributed by atoms with Gasteiger partial charge in [-0.25, -0.2) is 8.42 Å². The standard InChI is InChI=1S/C22H28N2O5S/c1-16-5-6-17(2)21(15-16)30(26,27)24-13-11-23(12-14-24)22(25)18(3)29-20-9-7-19(28-4)8-10-20/h5-10,15,18H,11-14H2,1-4H3. The normalized spacial score (nSPS) is 16.2. The smallest absolute Gasteiger partial charge is 0.263 e. The van der Waals surface area contributed by atoms with Gasteiger partial charge in [0.1, 0.15) is 11.5 Å². The predicted octanol–water partition coefficient (Wildman–Crippen LogP) is 2.61. The lowest BCUT2D eigenvalue weighted by Gasteiger charge is -2.35. The van der Waals surface area contributed by atoms with Crippen molar-refractivity contribution in [2.45, 2.75) is 31.8 Å². The van der Waals surface area contributed by atoms with Gasteiger partial charge in [0.15, 0.2) is 6.10 Å². The second-order valence-electron chi connectivity index (χ2n) is 7.43. The van der Waals surface area contributed by atoms with Gasteiger partial charge >= 0.3 is 0 Å². The Bertz CT molecular complexity index is 997. The zero-order chi connectivity index (χ0) is 21.9. The molecule has 2 aromatic carbocycles. The van der Waals surface area contributed by atoms with Crippen LogP contribution in [0.3, 0.4) is 0 Å². The van der Waals surface area contributed by atoms with E-state index in [0.717, 1.165) is 11.1 Å². The number of carbonyl (C=O) groups excluding carboxylic acids is 1. The largest absolute Gasteiger partial charge is 0.497 e. The van der Waals surface area contributed by atoms with Crippen molar-refractivity contribution in [3.05, 3.63) is 53.6 Å². The third kappa shape index (κ3) is 4.76. The van der Waals surface area contributed by atoms with E-state index in [-0.39, 0.29) is 19.0 Å². The van der Waals surface area contributed by atoms with Gasteiger partial charge in [-0.05, 0) is 62.2 Å². The number of piperazine rings is 1. The van der Waals surface area contributed by atoms with Crippen LogP contribution in [0.15, 0.2) is 47.4 Å². The molecule has 1 amide bonds. The zero-order valence-electron chi connectivity index (χ0n) is 17.8. The molecule has 0 spiro atoms. The van der Waals surface area contributed by atoms with Crippen LogP contribution in [-0.2, 0) is 14.8 Å². The Morgan fingerprint density at radius 1 is 0.967 bits per heavy atom. The van der Waals surface area contributed by atoms with E-state index in [1.807, 2.05) is 19.1 Å². The second kappa shape index (κ2) is 9.06. The topological polar surface area (TPSA) is 76.2 Å². The molecule has 1 fully saturated rings. The van der Waals surface area contributed by atoms with Gasteiger partial charge in [0, 0.05) is 26.2 Å². The van der Waals surface area contributed by atoms with Crippen LogP contribution in [0, 0.1) is 13.8 Å². The molecule has 0 radical (unpaired) electrons. The molecule has 3 rings (SSSR count). The SMILES string of the molecule is COc1ccc(OC(C)C(=O)N2CCN(S(=O)(=O)c3cc(C)ccc3C)CC2)cc1. The second-order valence-corrected chi connectivity index (χ2v) is 9.34. The molecule has 1 saturated heterocycles. The molecule has 1 aliphatic heterocycles. The Kier molecular flexibility index (Phi) is 6.67. The van der Waals surface area contributed by atoms with Crippen molar-refractivity contribution in [3.63, 3.8) is 0 Å². The molecular formula is C22H28N2O5S. The van der Waals surface area contributed by atoms with Gasteiger partial charge in [-0.15, -0.1) is 0 Å². The molecule has 8 heteroatoms. The van der Waals surface area contributed by atoms with E-state index in [4.69, 9.17) is 9.47 Å². The van der Waals surface area contributed by atoms with Crippen LogP contribution in [-0.4, -0.2) is 62.9 Å². The fourth-order valence-corrected chi connectivity index (χ4v) is 5.17. The van der Waals surface area contributed by atoms with Crippen molar-refractivity contribution in [3.8, 4) is 11.5 Å². The summed E-state index contributed by atoms with van der Waals surface area (Å²) in [7, 11) is -2.00. The fourth-order valence-electron chi connectivity index (χ4n) is 3.44. The molecule has 0 saturated carbocycles. The summed E-state index contributed by atoms with van der Waals surface area (Å²) in [6, 6.07) is 12.4. The van der Waals surface area contributed by atoms with Crippen molar-refractivity contribution in [1.29, 1.82) is 0 Å². The van der Waals surface area contributed by atoms with Gasteiger partial charge in [0.25, 0.3) is 5.91 Å². The molecule has 0 aromatic heterocycles. The molecule has 1 aliphatic rings. The maximum absolute atomic E-state index is 13.1. The fraction of sp³-hybridized carbons (Fsp3) is 0.409. The van der Waals surface area contributed by atoms with E-state index in [1.165, 1.54) is 4.31 Å². The maximum Gasteiger partial charge on any atom is 0.263 e. The van der Waals surface area contributed by atoms with E-state index in [1.54, 1.807) is 56.2 Å². The lowest BCUT2D eigenvalue weighted by atomic mass is 10.2. The van der Waals surface area contributed by atoms with Crippen molar-refractivity contribution >= 4 is 15.9 Å². The number of sulfonamides is 1. The number of nitrogens with zero attached hydrogens (tertiary/aromatic N) is 2. The minimum Gasteiger partial charge on any atom is -0.497 e. The summed E-state index contributed by atoms with van der Waals surface area (Å²) < 4.78 is 38.4. The highest BCUT2D eigenvalue weighted by Gasteiger charge is 2.32.